The van der Waals surface area contributed by atoms with Gasteiger partial charge < -0.3 is 49.8 Å². The van der Waals surface area contributed by atoms with Crippen LogP contribution in [0.25, 0.3) is 16.7 Å². The Kier molecular flexibility index (Phi) is 15.2. The summed E-state index contributed by atoms with van der Waals surface area (Å²) < 4.78 is 26.1. The minimum Gasteiger partial charge on any atom is -0.492 e. The minimum atomic E-state index is -1.43. The summed E-state index contributed by atoms with van der Waals surface area (Å²) in [4.78, 5) is 78.1. The van der Waals surface area contributed by atoms with Crippen molar-refractivity contribution in [1.82, 2.24) is 40.1 Å². The lowest BCUT2D eigenvalue weighted by molar-refractivity contribution is -0.146. The number of carbonyl (C=O) groups excluding carboxylic acids is 4. The molecule has 0 bridgehead atoms. The van der Waals surface area contributed by atoms with Gasteiger partial charge in [0.25, 0.3) is 0 Å². The summed E-state index contributed by atoms with van der Waals surface area (Å²) in [5, 5.41) is 24.6. The molecule has 2 aliphatic heterocycles. The van der Waals surface area contributed by atoms with Gasteiger partial charge in [0.2, 0.25) is 11.8 Å². The molecule has 1 aromatic carbocycles. The number of aliphatic carboxylic acids is 1. The molecule has 4 fully saturated rings. The average Bonchev–Trinajstić information content (AvgIpc) is 3.57. The van der Waals surface area contributed by atoms with E-state index >= 15 is 0 Å². The van der Waals surface area contributed by atoms with Crippen molar-refractivity contribution in [2.45, 2.75) is 149 Å². The van der Waals surface area contributed by atoms with Gasteiger partial charge in [-0.1, -0.05) is 41.0 Å². The molecular weight excluding hydrogens is 887 g/mol. The van der Waals surface area contributed by atoms with Gasteiger partial charge in [0.1, 0.15) is 59.4 Å². The molecule has 2 saturated carbocycles. The Morgan fingerprint density at radius 3 is 2.32 bits per heavy atom. The Balaban J connectivity index is 1.13. The van der Waals surface area contributed by atoms with E-state index in [0.29, 0.717) is 85.7 Å². The Bertz CT molecular complexity index is 2350. The summed E-state index contributed by atoms with van der Waals surface area (Å²) >= 11 is 0. The van der Waals surface area contributed by atoms with Crippen LogP contribution < -0.4 is 25.4 Å². The highest BCUT2D eigenvalue weighted by atomic mass is 16.6. The molecule has 2 aliphatic carbocycles. The van der Waals surface area contributed by atoms with Crippen molar-refractivity contribution in [2.24, 2.45) is 17.3 Å². The quantitative estimate of drug-likeness (QED) is 0.125. The van der Waals surface area contributed by atoms with Crippen molar-refractivity contribution in [3.8, 4) is 17.3 Å². The minimum absolute atomic E-state index is 0.0335. The summed E-state index contributed by atoms with van der Waals surface area (Å²) in [6, 6.07) is 7.08. The lowest BCUT2D eigenvalue weighted by atomic mass is 9.85. The number of anilines is 1. The second-order valence-electron chi connectivity index (χ2n) is 21.7. The molecule has 7 atom stereocenters. The number of nitrogens with zero attached hydrogens (tertiary/aromatic N) is 6. The van der Waals surface area contributed by atoms with Crippen LogP contribution in [0.5, 0.6) is 11.5 Å². The molecule has 378 valence electrons. The highest BCUT2D eigenvalue weighted by Gasteiger charge is 2.61. The number of carboxylic acid groups (broad SMARTS) is 1. The van der Waals surface area contributed by atoms with Crippen molar-refractivity contribution in [1.29, 1.82) is 0 Å². The van der Waals surface area contributed by atoms with Gasteiger partial charge in [0.05, 0.1) is 12.1 Å². The summed E-state index contributed by atoms with van der Waals surface area (Å²) in [5.41, 5.74) is -2.23. The van der Waals surface area contributed by atoms with Gasteiger partial charge in [0.15, 0.2) is 5.82 Å². The van der Waals surface area contributed by atoms with Crippen LogP contribution in [0.4, 0.5) is 15.4 Å². The molecule has 19 heteroatoms. The summed E-state index contributed by atoms with van der Waals surface area (Å²) in [7, 11) is 0. The average molecular weight is 960 g/mol. The van der Waals surface area contributed by atoms with Gasteiger partial charge in [-0.2, -0.15) is 0 Å². The molecule has 3 aromatic rings. The fourth-order valence-electron chi connectivity index (χ4n) is 9.59. The molecule has 0 spiro atoms. The standard InChI is InChI=1S/C50H73N9O10/c1-11-32-28-50(32,45(62)63)54-43(60)38-26-35(29-58(38)44(61)42(48(5,6)7)53-46(64)68-34-13-12-31(4)24-34)67-39-27-41(59-17-16-40(55-59)51-30(2)3)52-37-25-33(14-15-36(37)39)66-23-22-56-18-20-57(21-19-56)47(65)69-49(8,9)10/h14-17,25,27,30-32,34-35,38,42H,11-13,18-24,26,28-29H2,1-10H3,(H,51,55)(H,53,64)(H,54,60)(H,62,63)/t31-,32+,34+,35+,38-,42+,50+/m0/s1. The second kappa shape index (κ2) is 20.6. The Morgan fingerprint density at radius 2 is 1.70 bits per heavy atom. The van der Waals surface area contributed by atoms with E-state index in [-0.39, 0.29) is 43.5 Å². The zero-order valence-electron chi connectivity index (χ0n) is 42.0. The van der Waals surface area contributed by atoms with Gasteiger partial charge in [-0.3, -0.25) is 14.5 Å². The van der Waals surface area contributed by atoms with E-state index in [1.54, 1.807) is 21.8 Å². The Morgan fingerprint density at radius 1 is 0.957 bits per heavy atom. The topological polar surface area (TPSA) is 219 Å². The summed E-state index contributed by atoms with van der Waals surface area (Å²) in [6.45, 7) is 22.6. The van der Waals surface area contributed by atoms with Crippen molar-refractivity contribution in [3.63, 3.8) is 0 Å². The van der Waals surface area contributed by atoms with E-state index in [1.807, 2.05) is 86.6 Å². The molecule has 4 N–H and O–H groups in total. The predicted molar refractivity (Wildman–Crippen MR) is 258 cm³/mol. The molecule has 7 rings (SSSR count). The number of hydrogen-bond acceptors (Lipinski definition) is 13. The van der Waals surface area contributed by atoms with Gasteiger partial charge in [-0.05, 0) is 89.7 Å². The molecule has 0 unspecified atom stereocenters. The van der Waals surface area contributed by atoms with Crippen LogP contribution in [0.1, 0.15) is 108 Å². The number of likely N-dealkylation sites (tertiary alicyclic amines) is 1. The number of nitrogens with one attached hydrogen (secondary N) is 3. The van der Waals surface area contributed by atoms with Crippen molar-refractivity contribution in [3.05, 3.63) is 36.5 Å². The van der Waals surface area contributed by atoms with Gasteiger partial charge in [0, 0.05) is 75.0 Å². The van der Waals surface area contributed by atoms with Crippen LogP contribution in [-0.4, -0.2) is 152 Å². The van der Waals surface area contributed by atoms with E-state index < -0.39 is 58.6 Å². The first-order valence-electron chi connectivity index (χ1n) is 24.6. The maximum atomic E-state index is 14.8. The molecule has 19 nitrogen and oxygen atoms in total. The number of carboxylic acids is 1. The largest absolute Gasteiger partial charge is 0.492 e. The maximum absolute atomic E-state index is 14.8. The Hall–Kier alpha value is -5.85. The lowest BCUT2D eigenvalue weighted by Crippen LogP contribution is -2.59. The van der Waals surface area contributed by atoms with E-state index in [0.717, 1.165) is 19.3 Å². The lowest BCUT2D eigenvalue weighted by Gasteiger charge is -2.35. The number of alkyl carbamates (subject to hydrolysis) is 1. The van der Waals surface area contributed by atoms with Crippen LogP contribution in [0.3, 0.4) is 0 Å². The fourth-order valence-corrected chi connectivity index (χ4v) is 9.59. The van der Waals surface area contributed by atoms with Crippen LogP contribution in [0, 0.1) is 17.3 Å². The molecule has 69 heavy (non-hydrogen) atoms. The SMILES string of the molecule is CC[C@@H]1C[C@]1(NC(=O)[C@@H]1C[C@@H](Oc2cc(-n3ccc(NC(C)C)n3)nc3cc(OCCN4CCN(C(=O)OC(C)(C)C)CC4)ccc23)CN1C(=O)[C@@H](NC(=O)O[C@@H]1CC[C@H](C)C1)C(C)(C)C)C(=O)O. The first kappa shape index (κ1) is 51.0. The predicted octanol–water partition coefficient (Wildman–Crippen LogP) is 6.22. The molecular formula is C50H73N9O10. The molecule has 0 radical (unpaired) electrons. The number of aromatic nitrogens is 3. The third-order valence-corrected chi connectivity index (χ3v) is 13.5. The number of ether oxygens (including phenoxy) is 4. The van der Waals surface area contributed by atoms with E-state index in [2.05, 4.69) is 27.8 Å². The van der Waals surface area contributed by atoms with Crippen molar-refractivity contribution < 1.29 is 48.0 Å². The number of carbonyl (C=O) groups is 5. The van der Waals surface area contributed by atoms with Gasteiger partial charge in [-0.25, -0.2) is 24.0 Å². The van der Waals surface area contributed by atoms with E-state index in [4.69, 9.17) is 29.0 Å². The molecule has 4 heterocycles. The number of piperazine rings is 1. The monoisotopic (exact) mass is 960 g/mol. The zero-order chi connectivity index (χ0) is 50.0. The molecule has 4 aliphatic rings. The third-order valence-electron chi connectivity index (χ3n) is 13.5. The Labute approximate surface area is 405 Å². The summed E-state index contributed by atoms with van der Waals surface area (Å²) in [6.07, 6.45) is 3.12. The van der Waals surface area contributed by atoms with Crippen LogP contribution in [0.2, 0.25) is 0 Å². The highest BCUT2D eigenvalue weighted by Crippen LogP contribution is 2.46. The highest BCUT2D eigenvalue weighted by molar-refractivity contribution is 5.96. The van der Waals surface area contributed by atoms with Crippen LogP contribution in [0.15, 0.2) is 36.5 Å². The number of amides is 4. The number of rotatable bonds is 16. The normalized spacial score (nSPS) is 24.5. The number of hydrogen-bond donors (Lipinski definition) is 4. The zero-order valence-corrected chi connectivity index (χ0v) is 42.0. The first-order valence-corrected chi connectivity index (χ1v) is 24.6. The van der Waals surface area contributed by atoms with Crippen molar-refractivity contribution >= 4 is 46.7 Å². The van der Waals surface area contributed by atoms with E-state index in [9.17, 15) is 29.1 Å². The number of fused-ring (bicyclic) bond motifs is 1. The molecule has 2 saturated heterocycles. The number of benzene rings is 1. The van der Waals surface area contributed by atoms with Gasteiger partial charge in [-0.15, -0.1) is 5.10 Å². The van der Waals surface area contributed by atoms with Crippen molar-refractivity contribution in [2.75, 3.05) is 51.2 Å². The van der Waals surface area contributed by atoms with Gasteiger partial charge >= 0.3 is 18.2 Å². The molecule has 4 amide bonds. The number of pyridine rings is 1. The summed E-state index contributed by atoms with van der Waals surface area (Å²) in [5.74, 6) is 0.0656. The maximum Gasteiger partial charge on any atom is 0.410 e. The van der Waals surface area contributed by atoms with Crippen LogP contribution >= 0.6 is 0 Å². The first-order chi connectivity index (χ1) is 32.5. The second-order valence-corrected chi connectivity index (χ2v) is 21.7. The molecule has 2 aromatic heterocycles. The third kappa shape index (κ3) is 12.5. The van der Waals surface area contributed by atoms with E-state index in [1.165, 1.54) is 4.90 Å². The smallest absolute Gasteiger partial charge is 0.410 e. The van der Waals surface area contributed by atoms with Crippen LogP contribution in [-0.2, 0) is 23.9 Å². The fraction of sp³-hybridized carbons (Fsp3) is 0.660.